The third-order valence-electron chi connectivity index (χ3n) is 4.48. The fourth-order valence-corrected chi connectivity index (χ4v) is 5.29. The summed E-state index contributed by atoms with van der Waals surface area (Å²) >= 11 is 1.60. The standard InChI is InChI=1S/C13H18N2O3S/c14-5-11(16)15-10(13(17)18)6-19-12(15)9-4-7-1-2-8(9)3-7/h1-2,7-10,12H,3-6,14H2,(H,17,18)/t7-,8?,9-,10+,12?/m1/s1. The van der Waals surface area contributed by atoms with Gasteiger partial charge >= 0.3 is 5.97 Å². The van der Waals surface area contributed by atoms with Crippen molar-refractivity contribution >= 4 is 23.6 Å². The number of thioether (sulfide) groups is 1. The molecule has 5 nitrogen and oxygen atoms in total. The fourth-order valence-electron chi connectivity index (χ4n) is 3.62. The maximum absolute atomic E-state index is 12.0. The Balaban J connectivity index is 1.82. The van der Waals surface area contributed by atoms with Crippen LogP contribution in [0, 0.1) is 17.8 Å². The normalized spacial score (nSPS) is 40.1. The van der Waals surface area contributed by atoms with Crippen molar-refractivity contribution in [3.05, 3.63) is 12.2 Å². The minimum atomic E-state index is -0.921. The molecule has 3 N–H and O–H groups in total. The summed E-state index contributed by atoms with van der Waals surface area (Å²) in [5.74, 6) is 0.825. The van der Waals surface area contributed by atoms with E-state index in [2.05, 4.69) is 12.2 Å². The molecule has 1 saturated carbocycles. The molecule has 2 fully saturated rings. The molecule has 0 aromatic rings. The average Bonchev–Trinajstić information content (AvgIpc) is 3.10. The van der Waals surface area contributed by atoms with Crippen molar-refractivity contribution in [1.29, 1.82) is 0 Å². The van der Waals surface area contributed by atoms with Crippen LogP contribution in [0.1, 0.15) is 12.8 Å². The van der Waals surface area contributed by atoms with Crippen molar-refractivity contribution in [2.45, 2.75) is 24.3 Å². The Morgan fingerprint density at radius 1 is 1.37 bits per heavy atom. The molecule has 2 bridgehead atoms. The summed E-state index contributed by atoms with van der Waals surface area (Å²) < 4.78 is 0. The molecule has 5 atom stereocenters. The van der Waals surface area contributed by atoms with Gasteiger partial charge in [0.15, 0.2) is 0 Å². The van der Waals surface area contributed by atoms with Crippen LogP contribution in [0.15, 0.2) is 12.2 Å². The summed E-state index contributed by atoms with van der Waals surface area (Å²) in [5.41, 5.74) is 5.44. The van der Waals surface area contributed by atoms with Gasteiger partial charge in [-0.05, 0) is 30.6 Å². The molecule has 2 aliphatic carbocycles. The van der Waals surface area contributed by atoms with E-state index in [1.807, 2.05) is 0 Å². The van der Waals surface area contributed by atoms with E-state index >= 15 is 0 Å². The van der Waals surface area contributed by atoms with E-state index < -0.39 is 12.0 Å². The number of aliphatic carboxylic acids is 1. The number of hydrogen-bond donors (Lipinski definition) is 2. The highest BCUT2D eigenvalue weighted by Gasteiger charge is 2.49. The number of carboxylic acids is 1. The number of hydrogen-bond acceptors (Lipinski definition) is 4. The largest absolute Gasteiger partial charge is 0.480 e. The van der Waals surface area contributed by atoms with E-state index in [4.69, 9.17) is 5.73 Å². The first-order valence-corrected chi connectivity index (χ1v) is 7.70. The van der Waals surface area contributed by atoms with Crippen LogP contribution in [0.3, 0.4) is 0 Å². The lowest BCUT2D eigenvalue weighted by Crippen LogP contribution is -2.50. The molecule has 3 rings (SSSR count). The zero-order valence-corrected chi connectivity index (χ0v) is 11.4. The van der Waals surface area contributed by atoms with E-state index in [1.54, 1.807) is 11.8 Å². The first kappa shape index (κ1) is 13.0. The molecule has 3 aliphatic rings. The quantitative estimate of drug-likeness (QED) is 0.737. The lowest BCUT2D eigenvalue weighted by Gasteiger charge is -2.33. The molecule has 2 unspecified atom stereocenters. The van der Waals surface area contributed by atoms with Gasteiger partial charge in [-0.2, -0.15) is 0 Å². The Bertz CT molecular complexity index is 440. The molecular formula is C13H18N2O3S. The van der Waals surface area contributed by atoms with E-state index in [0.717, 1.165) is 12.8 Å². The fraction of sp³-hybridized carbons (Fsp3) is 0.692. The van der Waals surface area contributed by atoms with Crippen molar-refractivity contribution in [3.63, 3.8) is 0 Å². The first-order chi connectivity index (χ1) is 9.11. The minimum absolute atomic E-state index is 0.0166. The number of carbonyl (C=O) groups excluding carboxylic acids is 1. The predicted molar refractivity (Wildman–Crippen MR) is 72.4 cm³/mol. The van der Waals surface area contributed by atoms with Crippen LogP contribution in [-0.4, -0.2) is 45.6 Å². The van der Waals surface area contributed by atoms with Crippen LogP contribution in [0.4, 0.5) is 0 Å². The lowest BCUT2D eigenvalue weighted by molar-refractivity contribution is -0.149. The molecule has 104 valence electrons. The van der Waals surface area contributed by atoms with Crippen LogP contribution < -0.4 is 5.73 Å². The molecule has 1 aliphatic heterocycles. The van der Waals surface area contributed by atoms with Crippen molar-refractivity contribution in [2.24, 2.45) is 23.5 Å². The molecule has 1 saturated heterocycles. The second kappa shape index (κ2) is 4.83. The number of allylic oxidation sites excluding steroid dienone is 2. The van der Waals surface area contributed by atoms with E-state index in [1.165, 1.54) is 4.90 Å². The highest BCUT2D eigenvalue weighted by molar-refractivity contribution is 8.00. The van der Waals surface area contributed by atoms with Gasteiger partial charge in [0, 0.05) is 5.75 Å². The maximum Gasteiger partial charge on any atom is 0.327 e. The molecule has 0 aromatic carbocycles. The number of fused-ring (bicyclic) bond motifs is 2. The molecule has 0 aromatic heterocycles. The molecule has 1 amide bonds. The molecule has 6 heteroatoms. The number of nitrogens with two attached hydrogens (primary N) is 1. The Morgan fingerprint density at radius 2 is 2.16 bits per heavy atom. The van der Waals surface area contributed by atoms with Crippen LogP contribution in [0.2, 0.25) is 0 Å². The lowest BCUT2D eigenvalue weighted by atomic mass is 9.92. The third kappa shape index (κ3) is 2.07. The number of carboxylic acid groups (broad SMARTS) is 1. The summed E-state index contributed by atoms with van der Waals surface area (Å²) in [6, 6.07) is -0.714. The van der Waals surface area contributed by atoms with E-state index in [9.17, 15) is 14.7 Å². The molecular weight excluding hydrogens is 264 g/mol. The van der Waals surface area contributed by atoms with Gasteiger partial charge in [0.2, 0.25) is 5.91 Å². The molecule has 1 heterocycles. The third-order valence-corrected chi connectivity index (χ3v) is 5.91. The highest BCUT2D eigenvalue weighted by Crippen LogP contribution is 2.50. The van der Waals surface area contributed by atoms with E-state index in [0.29, 0.717) is 23.5 Å². The summed E-state index contributed by atoms with van der Waals surface area (Å²) in [5, 5.41) is 9.24. The zero-order valence-electron chi connectivity index (χ0n) is 10.6. The Morgan fingerprint density at radius 3 is 2.68 bits per heavy atom. The monoisotopic (exact) mass is 282 g/mol. The van der Waals surface area contributed by atoms with Gasteiger partial charge in [0.05, 0.1) is 11.9 Å². The maximum atomic E-state index is 12.0. The Kier molecular flexibility index (Phi) is 3.30. The van der Waals surface area contributed by atoms with Gasteiger partial charge in [-0.1, -0.05) is 12.2 Å². The van der Waals surface area contributed by atoms with Crippen LogP contribution in [-0.2, 0) is 9.59 Å². The summed E-state index contributed by atoms with van der Waals surface area (Å²) in [6.07, 6.45) is 6.72. The second-order valence-corrected chi connectivity index (χ2v) is 6.68. The van der Waals surface area contributed by atoms with Gasteiger partial charge in [-0.3, -0.25) is 4.79 Å². The highest BCUT2D eigenvalue weighted by atomic mass is 32.2. The Hall–Kier alpha value is -1.01. The summed E-state index contributed by atoms with van der Waals surface area (Å²) in [7, 11) is 0. The predicted octanol–water partition coefficient (Wildman–Crippen LogP) is 0.512. The van der Waals surface area contributed by atoms with Crippen molar-refractivity contribution in [2.75, 3.05) is 12.3 Å². The first-order valence-electron chi connectivity index (χ1n) is 6.65. The van der Waals surface area contributed by atoms with Crippen LogP contribution in [0.5, 0.6) is 0 Å². The number of carbonyl (C=O) groups is 2. The van der Waals surface area contributed by atoms with Crippen LogP contribution in [0.25, 0.3) is 0 Å². The summed E-state index contributed by atoms with van der Waals surface area (Å²) in [4.78, 5) is 24.8. The SMILES string of the molecule is NCC(=O)N1C([C@@H]2C[C@@H]3C=CC2C3)SC[C@H]1C(=O)O. The molecule has 0 radical (unpaired) electrons. The zero-order chi connectivity index (χ0) is 13.6. The van der Waals surface area contributed by atoms with Gasteiger partial charge in [-0.25, -0.2) is 4.79 Å². The van der Waals surface area contributed by atoms with E-state index in [-0.39, 0.29) is 17.8 Å². The number of nitrogens with zero attached hydrogens (tertiary/aromatic N) is 1. The number of amides is 1. The average molecular weight is 282 g/mol. The van der Waals surface area contributed by atoms with Gasteiger partial charge < -0.3 is 15.7 Å². The topological polar surface area (TPSA) is 83.6 Å². The van der Waals surface area contributed by atoms with Crippen molar-refractivity contribution < 1.29 is 14.7 Å². The van der Waals surface area contributed by atoms with Gasteiger partial charge in [-0.15, -0.1) is 11.8 Å². The smallest absolute Gasteiger partial charge is 0.327 e. The summed E-state index contributed by atoms with van der Waals surface area (Å²) in [6.45, 7) is -0.114. The Labute approximate surface area is 116 Å². The molecule has 0 spiro atoms. The molecule has 19 heavy (non-hydrogen) atoms. The number of rotatable bonds is 3. The van der Waals surface area contributed by atoms with Crippen molar-refractivity contribution in [1.82, 2.24) is 4.90 Å². The minimum Gasteiger partial charge on any atom is -0.480 e. The second-order valence-electron chi connectivity index (χ2n) is 5.53. The van der Waals surface area contributed by atoms with Gasteiger partial charge in [0.25, 0.3) is 0 Å². The van der Waals surface area contributed by atoms with Crippen LogP contribution >= 0.6 is 11.8 Å². The van der Waals surface area contributed by atoms with Gasteiger partial charge in [0.1, 0.15) is 6.04 Å². The van der Waals surface area contributed by atoms with Crippen molar-refractivity contribution in [3.8, 4) is 0 Å².